The number of halogens is 3. The van der Waals surface area contributed by atoms with Gasteiger partial charge in [-0.3, -0.25) is 0 Å². The van der Waals surface area contributed by atoms with E-state index in [-0.39, 0.29) is 18.3 Å². The summed E-state index contributed by atoms with van der Waals surface area (Å²) in [5.41, 5.74) is 0.589. The molecule has 0 heterocycles. The highest BCUT2D eigenvalue weighted by atomic mass is 79.9. The molecule has 0 aliphatic heterocycles. The predicted octanol–water partition coefficient (Wildman–Crippen LogP) is 3.51. The average Bonchev–Trinajstić information content (AvgIpc) is 2.38. The highest BCUT2D eigenvalue weighted by Gasteiger charge is 2.10. The first-order chi connectivity index (χ1) is 9.92. The van der Waals surface area contributed by atoms with Gasteiger partial charge in [0.2, 0.25) is 0 Å². The van der Waals surface area contributed by atoms with E-state index in [1.54, 1.807) is 12.1 Å². The average molecular weight is 364 g/mol. The molecule has 0 aliphatic rings. The summed E-state index contributed by atoms with van der Waals surface area (Å²) in [7, 11) is 0. The Morgan fingerprint density at radius 2 is 2.10 bits per heavy atom. The molecule has 0 aromatic heterocycles. The molecule has 0 radical (unpaired) electrons. The third-order valence-corrected chi connectivity index (χ3v) is 2.91. The minimum absolute atomic E-state index is 0.136. The number of ether oxygens (including phenoxy) is 1. The van der Waals surface area contributed by atoms with Gasteiger partial charge in [0.1, 0.15) is 5.75 Å². The number of rotatable bonds is 6. The van der Waals surface area contributed by atoms with Gasteiger partial charge in [-0.2, -0.15) is 8.78 Å². The first-order valence-electron chi connectivity index (χ1n) is 6.70. The van der Waals surface area contributed by atoms with Crippen LogP contribution < -0.4 is 15.4 Å². The van der Waals surface area contributed by atoms with Crippen molar-refractivity contribution in [3.05, 3.63) is 28.2 Å². The van der Waals surface area contributed by atoms with Crippen LogP contribution in [-0.2, 0) is 6.54 Å². The summed E-state index contributed by atoms with van der Waals surface area (Å²) in [5.74, 6) is 0.771. The summed E-state index contributed by atoms with van der Waals surface area (Å²) >= 11 is 3.32. The molecular formula is C14H20BrF2N3O. The van der Waals surface area contributed by atoms with E-state index in [4.69, 9.17) is 0 Å². The largest absolute Gasteiger partial charge is 0.434 e. The number of alkyl halides is 2. The molecule has 0 bridgehead atoms. The molecule has 7 heteroatoms. The van der Waals surface area contributed by atoms with Gasteiger partial charge in [0.05, 0.1) is 6.54 Å². The first-order valence-corrected chi connectivity index (χ1v) is 7.49. The summed E-state index contributed by atoms with van der Waals surface area (Å²) < 4.78 is 30.1. The summed E-state index contributed by atoms with van der Waals surface area (Å²) in [6.45, 7) is 4.06. The third kappa shape index (κ3) is 6.75. The maximum absolute atomic E-state index is 12.4. The highest BCUT2D eigenvalue weighted by Crippen LogP contribution is 2.25. The van der Waals surface area contributed by atoms with Crippen LogP contribution in [0.3, 0.4) is 0 Å². The molecule has 1 aromatic rings. The molecular weight excluding hydrogens is 344 g/mol. The quantitative estimate of drug-likeness (QED) is 0.600. The molecule has 21 heavy (non-hydrogen) atoms. The van der Waals surface area contributed by atoms with Gasteiger partial charge in [0, 0.05) is 22.6 Å². The van der Waals surface area contributed by atoms with Crippen LogP contribution in [0.5, 0.6) is 5.75 Å². The normalized spacial score (nSPS) is 11.9. The van der Waals surface area contributed by atoms with Gasteiger partial charge in [-0.1, -0.05) is 15.9 Å². The Kier molecular flexibility index (Phi) is 7.42. The van der Waals surface area contributed by atoms with Crippen LogP contribution in [0.25, 0.3) is 0 Å². The van der Waals surface area contributed by atoms with Crippen molar-refractivity contribution in [2.24, 2.45) is 4.99 Å². The molecule has 0 aliphatic carbocycles. The van der Waals surface area contributed by atoms with Crippen molar-refractivity contribution in [1.29, 1.82) is 0 Å². The second-order valence-electron chi connectivity index (χ2n) is 4.62. The zero-order chi connectivity index (χ0) is 15.8. The van der Waals surface area contributed by atoms with Crippen molar-refractivity contribution in [3.8, 4) is 5.75 Å². The van der Waals surface area contributed by atoms with Crippen LogP contribution in [0.2, 0.25) is 0 Å². The monoisotopic (exact) mass is 363 g/mol. The van der Waals surface area contributed by atoms with E-state index in [9.17, 15) is 8.78 Å². The molecule has 0 spiro atoms. The van der Waals surface area contributed by atoms with E-state index in [0.717, 1.165) is 11.0 Å². The van der Waals surface area contributed by atoms with Gasteiger partial charge in [-0.25, -0.2) is 4.99 Å². The van der Waals surface area contributed by atoms with Gasteiger partial charge >= 0.3 is 6.61 Å². The lowest BCUT2D eigenvalue weighted by molar-refractivity contribution is -0.0504. The maximum Gasteiger partial charge on any atom is 0.387 e. The smallest absolute Gasteiger partial charge is 0.387 e. The lowest BCUT2D eigenvalue weighted by Gasteiger charge is -2.15. The number of hydrogen-bond donors (Lipinski definition) is 2. The lowest BCUT2D eigenvalue weighted by atomic mass is 10.2. The number of nitrogens with zero attached hydrogens (tertiary/aromatic N) is 1. The molecule has 1 rings (SSSR count). The Balaban J connectivity index is 2.90. The van der Waals surface area contributed by atoms with Crippen molar-refractivity contribution < 1.29 is 13.5 Å². The number of nitrogens with one attached hydrogen (secondary N) is 2. The molecule has 0 atom stereocenters. The molecule has 0 saturated carbocycles. The van der Waals surface area contributed by atoms with Gasteiger partial charge in [-0.15, -0.1) is 0 Å². The summed E-state index contributed by atoms with van der Waals surface area (Å²) in [6, 6.07) is 5.11. The van der Waals surface area contributed by atoms with Gasteiger partial charge < -0.3 is 15.4 Å². The number of hydrogen-bond acceptors (Lipinski definition) is 2. The summed E-state index contributed by atoms with van der Waals surface area (Å²) in [5, 5.41) is 6.26. The summed E-state index contributed by atoms with van der Waals surface area (Å²) in [4.78, 5) is 4.38. The minimum Gasteiger partial charge on any atom is -0.434 e. The van der Waals surface area contributed by atoms with Crippen LogP contribution in [0.4, 0.5) is 8.78 Å². The van der Waals surface area contributed by atoms with E-state index < -0.39 is 6.61 Å². The summed E-state index contributed by atoms with van der Waals surface area (Å²) in [6.07, 6.45) is 0. The van der Waals surface area contributed by atoms with E-state index >= 15 is 0 Å². The molecule has 1 aromatic carbocycles. The van der Waals surface area contributed by atoms with E-state index in [0.29, 0.717) is 11.5 Å². The topological polar surface area (TPSA) is 45.7 Å². The van der Waals surface area contributed by atoms with E-state index in [1.165, 1.54) is 6.07 Å². The van der Waals surface area contributed by atoms with Crippen molar-refractivity contribution >= 4 is 21.9 Å². The van der Waals surface area contributed by atoms with Crippen LogP contribution in [0, 0.1) is 0 Å². The van der Waals surface area contributed by atoms with Crippen LogP contribution in [0.1, 0.15) is 26.3 Å². The molecule has 0 saturated heterocycles. The minimum atomic E-state index is -2.85. The van der Waals surface area contributed by atoms with Crippen LogP contribution >= 0.6 is 15.9 Å². The highest BCUT2D eigenvalue weighted by molar-refractivity contribution is 9.10. The maximum atomic E-state index is 12.4. The molecule has 4 nitrogen and oxygen atoms in total. The molecule has 2 N–H and O–H groups in total. The fourth-order valence-corrected chi connectivity index (χ4v) is 2.05. The number of aliphatic imine (C=N–C) groups is 1. The fourth-order valence-electron chi connectivity index (χ4n) is 1.64. The third-order valence-electron chi connectivity index (χ3n) is 2.42. The number of guanidine groups is 1. The Bertz CT molecular complexity index is 481. The fraction of sp³-hybridized carbons (Fsp3) is 0.500. The second kappa shape index (κ2) is 8.81. The Hall–Kier alpha value is -1.37. The van der Waals surface area contributed by atoms with Crippen molar-refractivity contribution in [3.63, 3.8) is 0 Å². The molecule has 118 valence electrons. The van der Waals surface area contributed by atoms with Crippen molar-refractivity contribution in [2.45, 2.75) is 40.0 Å². The molecule has 0 amide bonds. The standard InChI is InChI=1S/C14H20BrF2N3O/c1-4-18-14(20-9(2)3)19-8-10-7-11(15)5-6-12(10)21-13(16)17/h5-7,9,13H,4,8H2,1-3H3,(H2,18,19,20). The lowest BCUT2D eigenvalue weighted by Crippen LogP contribution is -2.41. The van der Waals surface area contributed by atoms with Crippen molar-refractivity contribution in [1.82, 2.24) is 10.6 Å². The van der Waals surface area contributed by atoms with Crippen LogP contribution in [0.15, 0.2) is 27.7 Å². The molecule has 0 unspecified atom stereocenters. The Morgan fingerprint density at radius 3 is 2.67 bits per heavy atom. The Labute approximate surface area is 132 Å². The van der Waals surface area contributed by atoms with E-state index in [1.807, 2.05) is 20.8 Å². The predicted molar refractivity (Wildman–Crippen MR) is 83.9 cm³/mol. The van der Waals surface area contributed by atoms with Gasteiger partial charge in [0.15, 0.2) is 5.96 Å². The van der Waals surface area contributed by atoms with Gasteiger partial charge in [0.25, 0.3) is 0 Å². The van der Waals surface area contributed by atoms with Crippen molar-refractivity contribution in [2.75, 3.05) is 6.54 Å². The molecule has 0 fully saturated rings. The zero-order valence-corrected chi connectivity index (χ0v) is 13.9. The van der Waals surface area contributed by atoms with Crippen LogP contribution in [-0.4, -0.2) is 25.2 Å². The Morgan fingerprint density at radius 1 is 1.38 bits per heavy atom. The van der Waals surface area contributed by atoms with E-state index in [2.05, 4.69) is 36.3 Å². The number of benzene rings is 1. The first kappa shape index (κ1) is 17.7. The zero-order valence-electron chi connectivity index (χ0n) is 12.3. The second-order valence-corrected chi connectivity index (χ2v) is 5.54. The van der Waals surface area contributed by atoms with Gasteiger partial charge in [-0.05, 0) is 39.0 Å². The SMILES string of the molecule is CCNC(=NCc1cc(Br)ccc1OC(F)F)NC(C)C.